The molecule has 0 atom stereocenters. The first kappa shape index (κ1) is 15.9. The number of halogens is 2. The van der Waals surface area contributed by atoms with Crippen molar-refractivity contribution in [2.75, 3.05) is 32.1 Å². The van der Waals surface area contributed by atoms with Crippen molar-refractivity contribution in [3.63, 3.8) is 0 Å². The van der Waals surface area contributed by atoms with Crippen molar-refractivity contribution >= 4 is 43.5 Å². The standard InChI is InChI=1S/C14H18Br2N2O2/c1-20-9-14(4-6-17-7-5-14)13(19)18-12-8-10(15)2-3-11(12)16/h2-3,8,17H,4-7,9H2,1H3,(H,18,19). The molecule has 1 saturated heterocycles. The second kappa shape index (κ2) is 7.02. The lowest BCUT2D eigenvalue weighted by Crippen LogP contribution is -2.47. The zero-order valence-corrected chi connectivity index (χ0v) is 14.5. The highest BCUT2D eigenvalue weighted by molar-refractivity contribution is 9.11. The number of rotatable bonds is 4. The summed E-state index contributed by atoms with van der Waals surface area (Å²) in [6.07, 6.45) is 1.58. The second-order valence-electron chi connectivity index (χ2n) is 5.04. The number of nitrogens with one attached hydrogen (secondary N) is 2. The van der Waals surface area contributed by atoms with Gasteiger partial charge in [0.2, 0.25) is 5.91 Å². The molecule has 1 fully saturated rings. The SMILES string of the molecule is COCC1(C(=O)Nc2cc(Br)ccc2Br)CCNCC1. The van der Waals surface area contributed by atoms with E-state index < -0.39 is 5.41 Å². The van der Waals surface area contributed by atoms with E-state index in [0.717, 1.165) is 40.6 Å². The fourth-order valence-electron chi connectivity index (χ4n) is 2.47. The van der Waals surface area contributed by atoms with Crippen molar-refractivity contribution < 1.29 is 9.53 Å². The summed E-state index contributed by atoms with van der Waals surface area (Å²) in [4.78, 5) is 12.7. The lowest BCUT2D eigenvalue weighted by Gasteiger charge is -2.35. The van der Waals surface area contributed by atoms with Gasteiger partial charge in [0.25, 0.3) is 0 Å². The van der Waals surface area contributed by atoms with Crippen LogP contribution in [0.3, 0.4) is 0 Å². The maximum absolute atomic E-state index is 12.7. The predicted molar refractivity (Wildman–Crippen MR) is 86.9 cm³/mol. The topological polar surface area (TPSA) is 50.4 Å². The van der Waals surface area contributed by atoms with Crippen molar-refractivity contribution in [1.29, 1.82) is 0 Å². The minimum absolute atomic E-state index is 0.0275. The molecule has 4 nitrogen and oxygen atoms in total. The summed E-state index contributed by atoms with van der Waals surface area (Å²) in [6.45, 7) is 2.14. The molecule has 1 aliphatic rings. The summed E-state index contributed by atoms with van der Waals surface area (Å²) >= 11 is 6.88. The maximum atomic E-state index is 12.7. The van der Waals surface area contributed by atoms with Crippen LogP contribution >= 0.6 is 31.9 Å². The third kappa shape index (κ3) is 3.61. The fourth-order valence-corrected chi connectivity index (χ4v) is 3.17. The Bertz CT molecular complexity index is 483. The van der Waals surface area contributed by atoms with E-state index in [2.05, 4.69) is 42.5 Å². The Morgan fingerprint density at radius 1 is 1.40 bits per heavy atom. The molecule has 0 aromatic heterocycles. The van der Waals surface area contributed by atoms with Crippen molar-refractivity contribution in [3.05, 3.63) is 27.1 Å². The van der Waals surface area contributed by atoms with Crippen LogP contribution in [0.1, 0.15) is 12.8 Å². The normalized spacial score (nSPS) is 17.8. The highest BCUT2D eigenvalue weighted by Gasteiger charge is 2.39. The summed E-state index contributed by atoms with van der Waals surface area (Å²) in [5.74, 6) is 0.0275. The number of hydrogen-bond donors (Lipinski definition) is 2. The third-order valence-corrected chi connectivity index (χ3v) is 4.82. The average Bonchev–Trinajstić information content (AvgIpc) is 2.44. The molecule has 20 heavy (non-hydrogen) atoms. The molecule has 0 radical (unpaired) electrons. The Balaban J connectivity index is 2.18. The zero-order chi connectivity index (χ0) is 14.6. The van der Waals surface area contributed by atoms with E-state index in [-0.39, 0.29) is 5.91 Å². The molecule has 0 spiro atoms. The Morgan fingerprint density at radius 3 is 2.75 bits per heavy atom. The molecule has 0 aliphatic carbocycles. The van der Waals surface area contributed by atoms with Crippen molar-refractivity contribution in [2.24, 2.45) is 5.41 Å². The van der Waals surface area contributed by atoms with E-state index in [9.17, 15) is 4.79 Å². The number of carbonyl (C=O) groups is 1. The number of benzene rings is 1. The summed E-state index contributed by atoms with van der Waals surface area (Å²) in [5, 5.41) is 6.31. The zero-order valence-electron chi connectivity index (χ0n) is 11.3. The van der Waals surface area contributed by atoms with Crippen molar-refractivity contribution in [2.45, 2.75) is 12.8 Å². The molecular formula is C14H18Br2N2O2. The quantitative estimate of drug-likeness (QED) is 0.808. The Hall–Kier alpha value is -0.430. The molecule has 1 aromatic carbocycles. The highest BCUT2D eigenvalue weighted by atomic mass is 79.9. The van der Waals surface area contributed by atoms with Gasteiger partial charge in [0, 0.05) is 16.1 Å². The smallest absolute Gasteiger partial charge is 0.233 e. The summed E-state index contributed by atoms with van der Waals surface area (Å²) in [7, 11) is 1.64. The molecule has 1 aliphatic heterocycles. The predicted octanol–water partition coefficient (Wildman–Crippen LogP) is 3.17. The summed E-state index contributed by atoms with van der Waals surface area (Å²) < 4.78 is 7.09. The number of piperidine rings is 1. The largest absolute Gasteiger partial charge is 0.384 e. The first-order valence-corrected chi connectivity index (χ1v) is 8.12. The van der Waals surface area contributed by atoms with E-state index >= 15 is 0 Å². The number of methoxy groups -OCH3 is 1. The molecular weight excluding hydrogens is 388 g/mol. The van der Waals surface area contributed by atoms with Gasteiger partial charge in [-0.05, 0) is 60.1 Å². The van der Waals surface area contributed by atoms with Gasteiger partial charge in [-0.25, -0.2) is 0 Å². The fraction of sp³-hybridized carbons (Fsp3) is 0.500. The molecule has 0 unspecified atom stereocenters. The van der Waals surface area contributed by atoms with Crippen LogP contribution in [0.15, 0.2) is 27.1 Å². The number of ether oxygens (including phenoxy) is 1. The Kier molecular flexibility index (Phi) is 5.60. The minimum atomic E-state index is -0.443. The summed E-state index contributed by atoms with van der Waals surface area (Å²) in [6, 6.07) is 5.73. The van der Waals surface area contributed by atoms with Crippen LogP contribution in [0.5, 0.6) is 0 Å². The molecule has 0 bridgehead atoms. The monoisotopic (exact) mass is 404 g/mol. The molecule has 1 heterocycles. The molecule has 110 valence electrons. The minimum Gasteiger partial charge on any atom is -0.384 e. The van der Waals surface area contributed by atoms with E-state index in [1.165, 1.54) is 0 Å². The highest BCUT2D eigenvalue weighted by Crippen LogP contribution is 2.33. The van der Waals surface area contributed by atoms with Crippen LogP contribution < -0.4 is 10.6 Å². The van der Waals surface area contributed by atoms with Gasteiger partial charge in [-0.3, -0.25) is 4.79 Å². The van der Waals surface area contributed by atoms with Gasteiger partial charge in [-0.1, -0.05) is 15.9 Å². The van der Waals surface area contributed by atoms with Gasteiger partial charge in [0.05, 0.1) is 17.7 Å². The van der Waals surface area contributed by atoms with E-state index in [4.69, 9.17) is 4.74 Å². The van der Waals surface area contributed by atoms with Crippen molar-refractivity contribution in [3.8, 4) is 0 Å². The lowest BCUT2D eigenvalue weighted by molar-refractivity contribution is -0.130. The second-order valence-corrected chi connectivity index (χ2v) is 6.81. The van der Waals surface area contributed by atoms with Gasteiger partial charge in [-0.15, -0.1) is 0 Å². The lowest BCUT2D eigenvalue weighted by atomic mass is 9.78. The van der Waals surface area contributed by atoms with Gasteiger partial charge in [0.15, 0.2) is 0 Å². The van der Waals surface area contributed by atoms with Crippen LogP contribution in [0.2, 0.25) is 0 Å². The number of hydrogen-bond acceptors (Lipinski definition) is 3. The molecule has 6 heteroatoms. The van der Waals surface area contributed by atoms with E-state index in [1.54, 1.807) is 7.11 Å². The van der Waals surface area contributed by atoms with Crippen LogP contribution in [-0.4, -0.2) is 32.7 Å². The van der Waals surface area contributed by atoms with E-state index in [1.807, 2.05) is 18.2 Å². The van der Waals surface area contributed by atoms with Gasteiger partial charge < -0.3 is 15.4 Å². The van der Waals surface area contributed by atoms with Crippen LogP contribution in [0, 0.1) is 5.41 Å². The van der Waals surface area contributed by atoms with Crippen molar-refractivity contribution in [1.82, 2.24) is 5.32 Å². The molecule has 1 aromatic rings. The third-order valence-electron chi connectivity index (χ3n) is 3.64. The molecule has 2 rings (SSSR count). The Morgan fingerprint density at radius 2 is 2.10 bits per heavy atom. The number of carbonyl (C=O) groups excluding carboxylic acids is 1. The average molecular weight is 406 g/mol. The van der Waals surface area contributed by atoms with Gasteiger partial charge >= 0.3 is 0 Å². The van der Waals surface area contributed by atoms with E-state index in [0.29, 0.717) is 6.61 Å². The molecule has 2 N–H and O–H groups in total. The van der Waals surface area contributed by atoms with Crippen LogP contribution in [-0.2, 0) is 9.53 Å². The summed E-state index contributed by atoms with van der Waals surface area (Å²) in [5.41, 5.74) is 0.334. The Labute approximate surface area is 135 Å². The van der Waals surface area contributed by atoms with Crippen LogP contribution in [0.4, 0.5) is 5.69 Å². The number of anilines is 1. The first-order valence-electron chi connectivity index (χ1n) is 6.53. The first-order chi connectivity index (χ1) is 9.57. The molecule has 0 saturated carbocycles. The maximum Gasteiger partial charge on any atom is 0.233 e. The van der Waals surface area contributed by atoms with Gasteiger partial charge in [-0.2, -0.15) is 0 Å². The van der Waals surface area contributed by atoms with Gasteiger partial charge in [0.1, 0.15) is 0 Å². The molecule has 1 amide bonds. The van der Waals surface area contributed by atoms with Crippen LogP contribution in [0.25, 0.3) is 0 Å². The number of amides is 1.